The van der Waals surface area contributed by atoms with E-state index in [2.05, 4.69) is 18.8 Å². The third-order valence-corrected chi connectivity index (χ3v) is 10.2. The number of amides is 1. The summed E-state index contributed by atoms with van der Waals surface area (Å²) in [6.07, 6.45) is 15.4. The molecule has 0 radical (unpaired) electrons. The van der Waals surface area contributed by atoms with Gasteiger partial charge in [0.1, 0.15) is 0 Å². The van der Waals surface area contributed by atoms with E-state index in [9.17, 15) is 26.4 Å². The molecule has 0 saturated heterocycles. The first-order valence-corrected chi connectivity index (χ1v) is 20.8. The van der Waals surface area contributed by atoms with E-state index in [0.29, 0.717) is 18.4 Å². The topological polar surface area (TPSA) is 176 Å². The molecular formula is C36H57N3O7S2. The van der Waals surface area contributed by atoms with E-state index in [0.717, 1.165) is 106 Å². The maximum atomic E-state index is 12.3. The van der Waals surface area contributed by atoms with Crippen LogP contribution in [0.5, 0.6) is 0 Å². The molecule has 270 valence electrons. The van der Waals surface area contributed by atoms with Crippen LogP contribution in [0.3, 0.4) is 0 Å². The number of guanidine groups is 1. The quantitative estimate of drug-likeness (QED) is 0.0755. The lowest BCUT2D eigenvalue weighted by Gasteiger charge is -2.14. The van der Waals surface area contributed by atoms with E-state index in [4.69, 9.17) is 16.2 Å². The highest BCUT2D eigenvalue weighted by atomic mass is 32.2. The Labute approximate surface area is 289 Å². The van der Waals surface area contributed by atoms with Gasteiger partial charge in [0.05, 0.1) is 22.5 Å². The number of hydrogen-bond acceptors (Lipinski definition) is 7. The molecule has 0 fully saturated rings. The second-order valence-corrected chi connectivity index (χ2v) is 16.2. The van der Waals surface area contributed by atoms with Crippen LogP contribution in [0, 0.1) is 0 Å². The zero-order valence-electron chi connectivity index (χ0n) is 30.0. The van der Waals surface area contributed by atoms with Gasteiger partial charge in [-0.2, -0.15) is 4.99 Å². The molecule has 0 aliphatic heterocycles. The Balaban J connectivity index is 0.000000482. The Kier molecular flexibility index (Phi) is 18.7. The number of rotatable bonds is 18. The summed E-state index contributed by atoms with van der Waals surface area (Å²) < 4.78 is 53.5. The molecule has 10 nitrogen and oxygen atoms in total. The zero-order valence-corrected chi connectivity index (χ0v) is 31.6. The summed E-state index contributed by atoms with van der Waals surface area (Å²) in [5, 5.41) is 0. The largest absolute Gasteiger partial charge is 0.465 e. The van der Waals surface area contributed by atoms with Crippen LogP contribution in [0.4, 0.5) is 0 Å². The number of nitrogens with zero attached hydrogens (tertiary/aromatic N) is 1. The first-order valence-electron chi connectivity index (χ1n) is 17.0. The van der Waals surface area contributed by atoms with E-state index < -0.39 is 31.6 Å². The van der Waals surface area contributed by atoms with Crippen molar-refractivity contribution in [3.05, 3.63) is 57.6 Å². The van der Waals surface area contributed by atoms with E-state index in [1.165, 1.54) is 25.5 Å². The molecule has 12 heteroatoms. The number of carbonyl (C=O) groups is 2. The van der Waals surface area contributed by atoms with Gasteiger partial charge >= 0.3 is 5.97 Å². The molecule has 48 heavy (non-hydrogen) atoms. The Bertz CT molecular complexity index is 1610. The van der Waals surface area contributed by atoms with Crippen LogP contribution >= 0.6 is 0 Å². The molecular weight excluding hydrogens is 651 g/mol. The van der Waals surface area contributed by atoms with Gasteiger partial charge in [0.15, 0.2) is 25.6 Å². The lowest BCUT2D eigenvalue weighted by molar-refractivity contribution is 0.0599. The number of methoxy groups -OCH3 is 1. The van der Waals surface area contributed by atoms with Gasteiger partial charge in [-0.25, -0.2) is 21.6 Å². The van der Waals surface area contributed by atoms with Crippen LogP contribution in [0.1, 0.15) is 135 Å². The van der Waals surface area contributed by atoms with Crippen molar-refractivity contribution in [3.8, 4) is 0 Å². The van der Waals surface area contributed by atoms with Crippen molar-refractivity contribution >= 4 is 37.5 Å². The van der Waals surface area contributed by atoms with Crippen LogP contribution in [0.15, 0.2) is 39.0 Å². The van der Waals surface area contributed by atoms with Crippen molar-refractivity contribution in [3.63, 3.8) is 0 Å². The number of aliphatic imine (C=N–C) groups is 1. The van der Waals surface area contributed by atoms with Crippen molar-refractivity contribution in [1.29, 1.82) is 0 Å². The molecule has 2 rings (SSSR count). The van der Waals surface area contributed by atoms with Crippen LogP contribution in [0.2, 0.25) is 0 Å². The predicted molar refractivity (Wildman–Crippen MR) is 194 cm³/mol. The molecule has 0 bridgehead atoms. The lowest BCUT2D eigenvalue weighted by atomic mass is 9.97. The number of nitrogens with two attached hydrogens (primary N) is 2. The van der Waals surface area contributed by atoms with Gasteiger partial charge in [0.25, 0.3) is 5.91 Å². The fraction of sp³-hybridized carbons (Fsp3) is 0.583. The number of ether oxygens (including phenoxy) is 1. The van der Waals surface area contributed by atoms with Gasteiger partial charge in [-0.05, 0) is 72.9 Å². The molecule has 0 spiro atoms. The first kappa shape index (κ1) is 42.8. The summed E-state index contributed by atoms with van der Waals surface area (Å²) >= 11 is 0. The number of esters is 1. The molecule has 0 atom stereocenters. The summed E-state index contributed by atoms with van der Waals surface area (Å²) in [5.41, 5.74) is 14.5. The fourth-order valence-electron chi connectivity index (χ4n) is 5.55. The molecule has 0 aliphatic rings. The van der Waals surface area contributed by atoms with Crippen molar-refractivity contribution in [2.75, 3.05) is 19.6 Å². The molecule has 0 aromatic heterocycles. The second-order valence-electron chi connectivity index (χ2n) is 12.2. The summed E-state index contributed by atoms with van der Waals surface area (Å²) in [4.78, 5) is 28.3. The molecule has 1 amide bonds. The molecule has 4 N–H and O–H groups in total. The van der Waals surface area contributed by atoms with Crippen LogP contribution in [0.25, 0.3) is 0 Å². The van der Waals surface area contributed by atoms with Crippen molar-refractivity contribution in [2.24, 2.45) is 16.5 Å². The number of hydrogen-bond donors (Lipinski definition) is 2. The highest BCUT2D eigenvalue weighted by Gasteiger charge is 2.22. The third kappa shape index (κ3) is 14.1. The number of aryl methyl sites for hydroxylation is 4. The second kappa shape index (κ2) is 21.0. The van der Waals surface area contributed by atoms with Crippen molar-refractivity contribution < 1.29 is 31.2 Å². The highest BCUT2D eigenvalue weighted by Crippen LogP contribution is 2.27. The van der Waals surface area contributed by atoms with Gasteiger partial charge in [0, 0.05) is 18.1 Å². The Morgan fingerprint density at radius 1 is 0.604 bits per heavy atom. The number of benzene rings is 2. The molecule has 2 aromatic rings. The number of carbonyl (C=O) groups excluding carboxylic acids is 2. The van der Waals surface area contributed by atoms with E-state index in [1.54, 1.807) is 0 Å². The monoisotopic (exact) mass is 707 g/mol. The van der Waals surface area contributed by atoms with E-state index in [1.807, 2.05) is 26.0 Å². The van der Waals surface area contributed by atoms with Gasteiger partial charge in [-0.15, -0.1) is 0 Å². The summed E-state index contributed by atoms with van der Waals surface area (Å²) in [7, 11) is -5.52. The number of unbranched alkanes of at least 4 members (excludes halogenated alkanes) is 6. The minimum absolute atomic E-state index is 0.193. The van der Waals surface area contributed by atoms with Gasteiger partial charge in [-0.3, -0.25) is 4.79 Å². The third-order valence-electron chi connectivity index (χ3n) is 7.88. The summed E-state index contributed by atoms with van der Waals surface area (Å²) in [5.74, 6) is -1.42. The first-order chi connectivity index (χ1) is 22.5. The van der Waals surface area contributed by atoms with Crippen molar-refractivity contribution in [1.82, 2.24) is 0 Å². The number of sulfone groups is 2. The van der Waals surface area contributed by atoms with E-state index in [-0.39, 0.29) is 21.3 Å². The SMILES string of the molecule is CCCCCCc1cc(CCC)c(C(=O)N=C(N)N)cc1S(C)(=O)=O.CCCCCCc1cc(CCC)c(C(=O)OC)cc1S(C)(=O)=O. The molecule has 0 unspecified atom stereocenters. The van der Waals surface area contributed by atoms with Gasteiger partial charge < -0.3 is 16.2 Å². The van der Waals surface area contributed by atoms with Crippen molar-refractivity contribution in [2.45, 2.75) is 127 Å². The van der Waals surface area contributed by atoms with Gasteiger partial charge in [0.2, 0.25) is 0 Å². The van der Waals surface area contributed by atoms with Gasteiger partial charge in [-0.1, -0.05) is 91.2 Å². The summed E-state index contributed by atoms with van der Waals surface area (Å²) in [6, 6.07) is 6.66. The van der Waals surface area contributed by atoms with E-state index >= 15 is 0 Å². The Morgan fingerprint density at radius 3 is 1.38 bits per heavy atom. The molecule has 0 aliphatic carbocycles. The van der Waals surface area contributed by atoms with Crippen LogP contribution in [-0.4, -0.2) is 54.3 Å². The normalized spacial score (nSPS) is 11.4. The van der Waals surface area contributed by atoms with Crippen LogP contribution in [-0.2, 0) is 50.1 Å². The zero-order chi connectivity index (χ0) is 36.5. The average Bonchev–Trinajstić information content (AvgIpc) is 3.00. The minimum atomic E-state index is -3.46. The summed E-state index contributed by atoms with van der Waals surface area (Å²) in [6.45, 7) is 8.31. The predicted octanol–water partition coefficient (Wildman–Crippen LogP) is 6.53. The molecule has 0 saturated carbocycles. The average molecular weight is 708 g/mol. The maximum Gasteiger partial charge on any atom is 0.338 e. The van der Waals surface area contributed by atoms with Crippen LogP contribution < -0.4 is 11.5 Å². The Hall–Kier alpha value is -3.25. The highest BCUT2D eigenvalue weighted by molar-refractivity contribution is 7.91. The fourth-order valence-corrected chi connectivity index (χ4v) is 7.48. The molecule has 0 heterocycles. The smallest absolute Gasteiger partial charge is 0.338 e. The molecule has 2 aromatic carbocycles. The standard InChI is InChI=1S/C18H29N3O3S.C18H28O4S/c1-4-6-7-8-10-14-11-13(9-5-2)15(17(22)21-18(19)20)12-16(14)25(3,23)24;1-5-7-8-9-11-15-12-14(10-6-2)16(18(19)22-3)13-17(15)23(4,20)21/h11-12H,4-10H2,1-3H3,(H4,19,20,21,22);12-13H,5-11H2,1-4H3. The Morgan fingerprint density at radius 2 is 1.02 bits per heavy atom. The lowest BCUT2D eigenvalue weighted by Crippen LogP contribution is -2.24. The maximum absolute atomic E-state index is 12.3. The minimum Gasteiger partial charge on any atom is -0.465 e.